The van der Waals surface area contributed by atoms with E-state index in [2.05, 4.69) is 0 Å². The first-order chi connectivity index (χ1) is 6.81. The zero-order chi connectivity index (χ0) is 9.97. The molecule has 14 heavy (non-hydrogen) atoms. The molecule has 2 aromatic rings. The number of hydrogen-bond donors (Lipinski definition) is 1. The highest BCUT2D eigenvalue weighted by Crippen LogP contribution is 2.32. The minimum atomic E-state index is 0.578. The normalized spacial score (nSPS) is 10.0. The summed E-state index contributed by atoms with van der Waals surface area (Å²) >= 11 is 1.44. The maximum atomic E-state index is 10.6. The van der Waals surface area contributed by atoms with Crippen molar-refractivity contribution in [1.29, 1.82) is 0 Å². The number of aldehydes is 1. The molecular formula is C11H9NOS. The zero-order valence-corrected chi connectivity index (χ0v) is 8.25. The fourth-order valence-electron chi connectivity index (χ4n) is 1.26. The highest BCUT2D eigenvalue weighted by Gasteiger charge is 2.06. The van der Waals surface area contributed by atoms with Crippen LogP contribution in [0, 0.1) is 0 Å². The number of carbonyl (C=O) groups is 1. The maximum Gasteiger partial charge on any atom is 0.153 e. The number of nitrogens with two attached hydrogens (primary N) is 1. The Bertz CT molecular complexity index is 448. The van der Waals surface area contributed by atoms with E-state index in [1.54, 1.807) is 0 Å². The van der Waals surface area contributed by atoms with E-state index in [0.29, 0.717) is 10.6 Å². The van der Waals surface area contributed by atoms with Gasteiger partial charge in [0, 0.05) is 10.4 Å². The van der Waals surface area contributed by atoms with Gasteiger partial charge in [0.05, 0.1) is 5.00 Å². The third kappa shape index (κ3) is 1.54. The number of hydrogen-bond acceptors (Lipinski definition) is 3. The lowest BCUT2D eigenvalue weighted by Crippen LogP contribution is -1.83. The fourth-order valence-corrected chi connectivity index (χ4v) is 2.16. The van der Waals surface area contributed by atoms with Crippen LogP contribution in [-0.2, 0) is 0 Å². The number of rotatable bonds is 2. The summed E-state index contributed by atoms with van der Waals surface area (Å²) < 4.78 is 0. The van der Waals surface area contributed by atoms with Crippen LogP contribution in [0.4, 0.5) is 5.00 Å². The summed E-state index contributed by atoms with van der Waals surface area (Å²) in [6, 6.07) is 11.7. The third-order valence-electron chi connectivity index (χ3n) is 1.98. The van der Waals surface area contributed by atoms with E-state index >= 15 is 0 Å². The summed E-state index contributed by atoms with van der Waals surface area (Å²) in [5.74, 6) is 0. The molecule has 1 aromatic carbocycles. The van der Waals surface area contributed by atoms with Gasteiger partial charge in [0.15, 0.2) is 6.29 Å². The minimum absolute atomic E-state index is 0.578. The molecule has 2 nitrogen and oxygen atoms in total. The van der Waals surface area contributed by atoms with Crippen molar-refractivity contribution in [2.45, 2.75) is 0 Å². The largest absolute Gasteiger partial charge is 0.390 e. The standard InChI is InChI=1S/C11H9NOS/c12-11-9(7-13)6-10(14-11)8-4-2-1-3-5-8/h1-7H,12H2. The predicted octanol–water partition coefficient (Wildman–Crippen LogP) is 2.81. The molecule has 0 fully saturated rings. The first-order valence-corrected chi connectivity index (χ1v) is 5.03. The SMILES string of the molecule is Nc1sc(-c2ccccc2)cc1C=O. The van der Waals surface area contributed by atoms with Crippen LogP contribution in [0.3, 0.4) is 0 Å². The Kier molecular flexibility index (Phi) is 2.33. The van der Waals surface area contributed by atoms with Gasteiger partial charge in [-0.15, -0.1) is 11.3 Å². The molecule has 1 heterocycles. The first kappa shape index (κ1) is 8.97. The van der Waals surface area contributed by atoms with Crippen molar-refractivity contribution in [3.8, 4) is 10.4 Å². The molecule has 2 rings (SSSR count). The Morgan fingerprint density at radius 3 is 2.50 bits per heavy atom. The van der Waals surface area contributed by atoms with Crippen LogP contribution in [-0.4, -0.2) is 6.29 Å². The highest BCUT2D eigenvalue weighted by molar-refractivity contribution is 7.19. The number of anilines is 1. The highest BCUT2D eigenvalue weighted by atomic mass is 32.1. The number of carbonyl (C=O) groups excluding carboxylic acids is 1. The molecule has 3 heteroatoms. The van der Waals surface area contributed by atoms with Gasteiger partial charge in [0.25, 0.3) is 0 Å². The molecule has 0 saturated carbocycles. The summed E-state index contributed by atoms with van der Waals surface area (Å²) in [7, 11) is 0. The predicted molar refractivity (Wildman–Crippen MR) is 59.6 cm³/mol. The van der Waals surface area contributed by atoms with Crippen molar-refractivity contribution < 1.29 is 4.79 Å². The molecule has 0 spiro atoms. The van der Waals surface area contributed by atoms with Crippen LogP contribution in [0.25, 0.3) is 10.4 Å². The van der Waals surface area contributed by atoms with Crippen LogP contribution in [0.5, 0.6) is 0 Å². The lowest BCUT2D eigenvalue weighted by molar-refractivity contribution is 0.112. The van der Waals surface area contributed by atoms with Crippen molar-refractivity contribution in [2.24, 2.45) is 0 Å². The fraction of sp³-hybridized carbons (Fsp3) is 0. The Hall–Kier alpha value is -1.61. The van der Waals surface area contributed by atoms with E-state index in [0.717, 1.165) is 16.7 Å². The molecule has 0 aliphatic rings. The second-order valence-corrected chi connectivity index (χ2v) is 4.00. The Morgan fingerprint density at radius 2 is 1.93 bits per heavy atom. The van der Waals surface area contributed by atoms with Gasteiger partial charge < -0.3 is 5.73 Å². The molecule has 0 aliphatic carbocycles. The number of benzene rings is 1. The molecule has 0 amide bonds. The van der Waals surface area contributed by atoms with Gasteiger partial charge in [-0.25, -0.2) is 0 Å². The molecule has 0 radical (unpaired) electrons. The van der Waals surface area contributed by atoms with Crippen LogP contribution in [0.15, 0.2) is 36.4 Å². The van der Waals surface area contributed by atoms with Crippen LogP contribution < -0.4 is 5.73 Å². The molecule has 0 unspecified atom stereocenters. The quantitative estimate of drug-likeness (QED) is 0.763. The van der Waals surface area contributed by atoms with E-state index in [1.807, 2.05) is 36.4 Å². The number of thiophene rings is 1. The second kappa shape index (κ2) is 3.64. The molecular weight excluding hydrogens is 194 g/mol. The summed E-state index contributed by atoms with van der Waals surface area (Å²) in [4.78, 5) is 11.6. The summed E-state index contributed by atoms with van der Waals surface area (Å²) in [6.45, 7) is 0. The lowest BCUT2D eigenvalue weighted by atomic mass is 10.2. The van der Waals surface area contributed by atoms with E-state index in [4.69, 9.17) is 5.73 Å². The van der Waals surface area contributed by atoms with Crippen LogP contribution >= 0.6 is 11.3 Å². The van der Waals surface area contributed by atoms with Gasteiger partial charge in [0.2, 0.25) is 0 Å². The van der Waals surface area contributed by atoms with Gasteiger partial charge >= 0.3 is 0 Å². The van der Waals surface area contributed by atoms with E-state index in [9.17, 15) is 4.79 Å². The summed E-state index contributed by atoms with van der Waals surface area (Å²) in [5, 5.41) is 0.582. The van der Waals surface area contributed by atoms with Gasteiger partial charge in [0.1, 0.15) is 0 Å². The van der Waals surface area contributed by atoms with Gasteiger partial charge in [-0.3, -0.25) is 4.79 Å². The monoisotopic (exact) mass is 203 g/mol. The lowest BCUT2D eigenvalue weighted by Gasteiger charge is -1.93. The van der Waals surface area contributed by atoms with Crippen molar-refractivity contribution in [2.75, 3.05) is 5.73 Å². The molecule has 70 valence electrons. The number of nitrogen functional groups attached to an aromatic ring is 1. The Labute approximate surface area is 86.0 Å². The smallest absolute Gasteiger partial charge is 0.153 e. The van der Waals surface area contributed by atoms with Crippen molar-refractivity contribution in [3.05, 3.63) is 42.0 Å². The van der Waals surface area contributed by atoms with Gasteiger partial charge in [-0.1, -0.05) is 30.3 Å². The molecule has 0 saturated heterocycles. The van der Waals surface area contributed by atoms with Crippen LogP contribution in [0.2, 0.25) is 0 Å². The molecule has 0 aliphatic heterocycles. The molecule has 1 aromatic heterocycles. The summed E-state index contributed by atoms with van der Waals surface area (Å²) in [6.07, 6.45) is 0.790. The van der Waals surface area contributed by atoms with Crippen LogP contribution in [0.1, 0.15) is 10.4 Å². The second-order valence-electron chi connectivity index (χ2n) is 2.91. The Morgan fingerprint density at radius 1 is 1.21 bits per heavy atom. The van der Waals surface area contributed by atoms with Crippen molar-refractivity contribution >= 4 is 22.6 Å². The van der Waals surface area contributed by atoms with Crippen molar-refractivity contribution in [3.63, 3.8) is 0 Å². The minimum Gasteiger partial charge on any atom is -0.390 e. The Balaban J connectivity index is 2.48. The van der Waals surface area contributed by atoms with E-state index in [1.165, 1.54) is 11.3 Å². The summed E-state index contributed by atoms with van der Waals surface area (Å²) in [5.41, 5.74) is 7.35. The topological polar surface area (TPSA) is 43.1 Å². The molecule has 0 bridgehead atoms. The van der Waals surface area contributed by atoms with Gasteiger partial charge in [-0.2, -0.15) is 0 Å². The van der Waals surface area contributed by atoms with Gasteiger partial charge in [-0.05, 0) is 11.6 Å². The molecule has 0 atom stereocenters. The molecule has 2 N–H and O–H groups in total. The average Bonchev–Trinajstić information content (AvgIpc) is 2.61. The van der Waals surface area contributed by atoms with E-state index < -0.39 is 0 Å². The maximum absolute atomic E-state index is 10.6. The average molecular weight is 203 g/mol. The zero-order valence-electron chi connectivity index (χ0n) is 7.44. The third-order valence-corrected chi connectivity index (χ3v) is 3.01. The van der Waals surface area contributed by atoms with Crippen molar-refractivity contribution in [1.82, 2.24) is 0 Å². The first-order valence-electron chi connectivity index (χ1n) is 4.21. The van der Waals surface area contributed by atoms with E-state index in [-0.39, 0.29) is 0 Å².